The molecule has 1 amide bonds. The molecule has 3 aliphatic rings. The van der Waals surface area contributed by atoms with Gasteiger partial charge in [0.15, 0.2) is 5.16 Å². The van der Waals surface area contributed by atoms with Gasteiger partial charge in [0.25, 0.3) is 5.56 Å². The number of fused-ring (bicyclic) bond motifs is 1. The molecule has 154 valence electrons. The Labute approximate surface area is 169 Å². The Balaban J connectivity index is 1.44. The van der Waals surface area contributed by atoms with Crippen LogP contribution in [-0.2, 0) is 27.8 Å². The van der Waals surface area contributed by atoms with Gasteiger partial charge in [-0.2, -0.15) is 4.31 Å². The zero-order chi connectivity index (χ0) is 20.1. The van der Waals surface area contributed by atoms with E-state index in [2.05, 4.69) is 4.98 Å². The lowest BCUT2D eigenvalue weighted by Crippen LogP contribution is -2.53. The minimum Gasteiger partial charge on any atom is -0.340 e. The lowest BCUT2D eigenvalue weighted by Gasteiger charge is -2.36. The third kappa shape index (κ3) is 3.50. The van der Waals surface area contributed by atoms with Gasteiger partial charge < -0.3 is 4.90 Å². The molecule has 1 aliphatic carbocycles. The van der Waals surface area contributed by atoms with Crippen LogP contribution in [0.1, 0.15) is 31.0 Å². The highest BCUT2D eigenvalue weighted by molar-refractivity contribution is 7.99. The predicted octanol–water partition coefficient (Wildman–Crippen LogP) is 0.472. The number of aromatic nitrogens is 2. The molecule has 0 radical (unpaired) electrons. The molecule has 0 N–H and O–H groups in total. The number of aryl methyl sites for hydroxylation is 1. The maximum absolute atomic E-state index is 13.0. The summed E-state index contributed by atoms with van der Waals surface area (Å²) >= 11 is 1.45. The molecular formula is C18H26N4O4S2. The number of hydrogen-bond donors (Lipinski definition) is 0. The normalized spacial score (nSPS) is 23.5. The second-order valence-corrected chi connectivity index (χ2v) is 10.9. The van der Waals surface area contributed by atoms with Crippen LogP contribution in [0.3, 0.4) is 0 Å². The topological polar surface area (TPSA) is 92.6 Å². The Morgan fingerprint density at radius 3 is 2.50 bits per heavy atom. The third-order valence-corrected chi connectivity index (χ3v) is 9.35. The fourth-order valence-electron chi connectivity index (χ4n) is 3.95. The van der Waals surface area contributed by atoms with Gasteiger partial charge in [-0.05, 0) is 26.2 Å². The number of piperazine rings is 1. The molecule has 0 aromatic carbocycles. The molecule has 2 fully saturated rings. The number of amides is 1. The highest BCUT2D eigenvalue weighted by Crippen LogP contribution is 2.32. The molecule has 3 heterocycles. The van der Waals surface area contributed by atoms with Crippen LogP contribution < -0.4 is 5.56 Å². The molecule has 1 saturated carbocycles. The predicted molar refractivity (Wildman–Crippen MR) is 107 cm³/mol. The Morgan fingerprint density at radius 2 is 1.89 bits per heavy atom. The van der Waals surface area contributed by atoms with Crippen molar-refractivity contribution in [2.75, 3.05) is 31.9 Å². The molecule has 1 aromatic heterocycles. The molecule has 10 heteroatoms. The van der Waals surface area contributed by atoms with Gasteiger partial charge in [-0.1, -0.05) is 18.7 Å². The van der Waals surface area contributed by atoms with Crippen molar-refractivity contribution in [2.24, 2.45) is 5.92 Å². The molecule has 1 atom stereocenters. The van der Waals surface area contributed by atoms with Crippen molar-refractivity contribution >= 4 is 27.7 Å². The van der Waals surface area contributed by atoms with E-state index in [-0.39, 0.29) is 22.6 Å². The summed E-state index contributed by atoms with van der Waals surface area (Å²) in [4.78, 5) is 32.0. The lowest BCUT2D eigenvalue weighted by atomic mass is 10.1. The summed E-state index contributed by atoms with van der Waals surface area (Å²) in [5.74, 6) is 0.319. The lowest BCUT2D eigenvalue weighted by molar-refractivity contribution is -0.136. The van der Waals surface area contributed by atoms with Crippen molar-refractivity contribution < 1.29 is 13.2 Å². The van der Waals surface area contributed by atoms with Gasteiger partial charge in [0.05, 0.1) is 11.2 Å². The minimum atomic E-state index is -3.18. The van der Waals surface area contributed by atoms with Crippen molar-refractivity contribution in [3.05, 3.63) is 21.6 Å². The quantitative estimate of drug-likeness (QED) is 0.650. The highest BCUT2D eigenvalue weighted by atomic mass is 32.2. The number of nitrogens with zero attached hydrogens (tertiary/aromatic N) is 4. The standard InChI is InChI=1S/C18H26N4O4S2/c1-3-15-12(2)19-18-22(17(15)24)10-13(11-27-18)16(23)20-6-8-21(9-7-20)28(25,26)14-4-5-14/h13-14H,3-11H2,1-2H3. The summed E-state index contributed by atoms with van der Waals surface area (Å²) in [6, 6.07) is 0. The van der Waals surface area contributed by atoms with E-state index >= 15 is 0 Å². The first-order chi connectivity index (χ1) is 13.3. The minimum absolute atomic E-state index is 0.00661. The number of thioether (sulfide) groups is 1. The molecule has 1 unspecified atom stereocenters. The summed E-state index contributed by atoms with van der Waals surface area (Å²) in [6.45, 7) is 5.70. The van der Waals surface area contributed by atoms with Gasteiger partial charge in [0.2, 0.25) is 15.9 Å². The van der Waals surface area contributed by atoms with Gasteiger partial charge in [-0.15, -0.1) is 0 Å². The van der Waals surface area contributed by atoms with E-state index in [1.165, 1.54) is 16.1 Å². The van der Waals surface area contributed by atoms with Crippen molar-refractivity contribution in [3.8, 4) is 0 Å². The molecular weight excluding hydrogens is 400 g/mol. The summed E-state index contributed by atoms with van der Waals surface area (Å²) in [5, 5.41) is 0.473. The van der Waals surface area contributed by atoms with Gasteiger partial charge in [0, 0.05) is 49.7 Å². The van der Waals surface area contributed by atoms with E-state index in [1.54, 1.807) is 9.47 Å². The number of rotatable bonds is 4. The maximum atomic E-state index is 13.0. The van der Waals surface area contributed by atoms with Gasteiger partial charge in [0.1, 0.15) is 0 Å². The van der Waals surface area contributed by atoms with Crippen LogP contribution in [0.25, 0.3) is 0 Å². The molecule has 0 spiro atoms. The zero-order valence-electron chi connectivity index (χ0n) is 16.3. The molecule has 1 aromatic rings. The van der Waals surface area contributed by atoms with E-state index in [1.807, 2.05) is 13.8 Å². The highest BCUT2D eigenvalue weighted by Gasteiger charge is 2.42. The van der Waals surface area contributed by atoms with Crippen LogP contribution in [0, 0.1) is 12.8 Å². The second kappa shape index (κ2) is 7.46. The molecule has 1 saturated heterocycles. The van der Waals surface area contributed by atoms with Crippen LogP contribution >= 0.6 is 11.8 Å². The fourth-order valence-corrected chi connectivity index (χ4v) is 6.89. The Hall–Kier alpha value is -1.39. The van der Waals surface area contributed by atoms with E-state index in [0.29, 0.717) is 55.6 Å². The molecule has 2 aliphatic heterocycles. The van der Waals surface area contributed by atoms with Gasteiger partial charge in [-0.25, -0.2) is 13.4 Å². The van der Waals surface area contributed by atoms with E-state index < -0.39 is 10.0 Å². The number of carbonyl (C=O) groups is 1. The first kappa shape index (κ1) is 19.9. The van der Waals surface area contributed by atoms with Crippen molar-refractivity contribution in [1.82, 2.24) is 18.8 Å². The van der Waals surface area contributed by atoms with Crippen molar-refractivity contribution in [3.63, 3.8) is 0 Å². The van der Waals surface area contributed by atoms with Crippen LogP contribution in [0.4, 0.5) is 0 Å². The average Bonchev–Trinajstić information content (AvgIpc) is 3.53. The number of hydrogen-bond acceptors (Lipinski definition) is 6. The fraction of sp³-hybridized carbons (Fsp3) is 0.722. The van der Waals surface area contributed by atoms with E-state index in [9.17, 15) is 18.0 Å². The van der Waals surface area contributed by atoms with Crippen molar-refractivity contribution in [1.29, 1.82) is 0 Å². The largest absolute Gasteiger partial charge is 0.340 e. The molecule has 28 heavy (non-hydrogen) atoms. The Morgan fingerprint density at radius 1 is 1.21 bits per heavy atom. The zero-order valence-corrected chi connectivity index (χ0v) is 17.9. The summed E-state index contributed by atoms with van der Waals surface area (Å²) in [7, 11) is -3.18. The third-order valence-electron chi connectivity index (χ3n) is 5.81. The summed E-state index contributed by atoms with van der Waals surface area (Å²) < 4.78 is 27.9. The average molecular weight is 427 g/mol. The van der Waals surface area contributed by atoms with E-state index in [0.717, 1.165) is 18.5 Å². The van der Waals surface area contributed by atoms with Crippen LogP contribution in [0.15, 0.2) is 9.95 Å². The first-order valence-corrected chi connectivity index (χ1v) is 12.3. The SMILES string of the molecule is CCc1c(C)nc2n(c1=O)CC(C(=O)N1CCN(S(=O)(=O)C3CC3)CC1)CS2. The molecule has 8 nitrogen and oxygen atoms in total. The monoisotopic (exact) mass is 426 g/mol. The number of sulfonamides is 1. The Kier molecular flexibility index (Phi) is 5.30. The van der Waals surface area contributed by atoms with Crippen LogP contribution in [0.5, 0.6) is 0 Å². The molecule has 4 rings (SSSR count). The first-order valence-electron chi connectivity index (χ1n) is 9.83. The number of carbonyl (C=O) groups excluding carboxylic acids is 1. The maximum Gasteiger partial charge on any atom is 0.257 e. The Bertz CT molecular complexity index is 947. The van der Waals surface area contributed by atoms with Crippen LogP contribution in [-0.4, -0.2) is 70.3 Å². The summed E-state index contributed by atoms with van der Waals surface area (Å²) in [6.07, 6.45) is 2.13. The second-order valence-electron chi connectivity index (χ2n) is 7.70. The van der Waals surface area contributed by atoms with Gasteiger partial charge in [-0.3, -0.25) is 14.2 Å². The van der Waals surface area contributed by atoms with Crippen molar-refractivity contribution in [2.45, 2.75) is 50.1 Å². The smallest absolute Gasteiger partial charge is 0.257 e. The van der Waals surface area contributed by atoms with Crippen LogP contribution in [0.2, 0.25) is 0 Å². The van der Waals surface area contributed by atoms with E-state index in [4.69, 9.17) is 0 Å². The summed E-state index contributed by atoms with van der Waals surface area (Å²) in [5.41, 5.74) is 1.43. The van der Waals surface area contributed by atoms with Gasteiger partial charge >= 0.3 is 0 Å². The molecule has 0 bridgehead atoms.